The van der Waals surface area contributed by atoms with Crippen molar-refractivity contribution in [2.75, 3.05) is 20.1 Å². The predicted molar refractivity (Wildman–Crippen MR) is 71.6 cm³/mol. The fourth-order valence-electron chi connectivity index (χ4n) is 2.79. The van der Waals surface area contributed by atoms with E-state index in [-0.39, 0.29) is 0 Å². The van der Waals surface area contributed by atoms with Crippen LogP contribution >= 0.6 is 0 Å². The highest BCUT2D eigenvalue weighted by Crippen LogP contribution is 2.28. The van der Waals surface area contributed by atoms with E-state index < -0.39 is 5.97 Å². The van der Waals surface area contributed by atoms with Crippen LogP contribution in [0.2, 0.25) is 0 Å². The number of aromatic carboxylic acids is 1. The molecule has 0 bridgehead atoms. The van der Waals surface area contributed by atoms with Crippen molar-refractivity contribution in [3.63, 3.8) is 0 Å². The van der Waals surface area contributed by atoms with E-state index in [1.54, 1.807) is 22.7 Å². The number of fused-ring (bicyclic) bond motifs is 1. The first-order valence-electron chi connectivity index (χ1n) is 6.55. The standard InChI is InChI=1S/C14H17N3O2/c1-16-7-5-10(6-8-16)13-15-9-11-3-2-4-12(14(18)19)17(11)13/h2-4,9-10H,5-8H2,1H3,(H,18,19). The van der Waals surface area contributed by atoms with Gasteiger partial charge in [-0.3, -0.25) is 4.40 Å². The van der Waals surface area contributed by atoms with Crippen LogP contribution in [0.5, 0.6) is 0 Å². The Bertz CT molecular complexity index is 612. The van der Waals surface area contributed by atoms with Crippen LogP contribution in [0.15, 0.2) is 24.4 Å². The number of carboxylic acid groups (broad SMARTS) is 1. The van der Waals surface area contributed by atoms with Crippen molar-refractivity contribution < 1.29 is 9.90 Å². The first kappa shape index (κ1) is 12.2. The Balaban J connectivity index is 2.06. The molecule has 0 aromatic carbocycles. The van der Waals surface area contributed by atoms with Gasteiger partial charge in [0.25, 0.3) is 0 Å². The zero-order valence-corrected chi connectivity index (χ0v) is 10.9. The number of piperidine rings is 1. The summed E-state index contributed by atoms with van der Waals surface area (Å²) in [7, 11) is 2.11. The molecule has 1 aliphatic rings. The smallest absolute Gasteiger partial charge is 0.352 e. The van der Waals surface area contributed by atoms with Gasteiger partial charge >= 0.3 is 5.97 Å². The van der Waals surface area contributed by atoms with E-state index in [1.165, 1.54) is 0 Å². The normalized spacial score (nSPS) is 17.9. The van der Waals surface area contributed by atoms with Gasteiger partial charge in [0.1, 0.15) is 11.5 Å². The Kier molecular flexibility index (Phi) is 2.98. The number of imidazole rings is 1. The molecule has 19 heavy (non-hydrogen) atoms. The number of nitrogens with zero attached hydrogens (tertiary/aromatic N) is 3. The van der Waals surface area contributed by atoms with Crippen LogP contribution < -0.4 is 0 Å². The summed E-state index contributed by atoms with van der Waals surface area (Å²) in [4.78, 5) is 18.1. The van der Waals surface area contributed by atoms with Crippen LogP contribution in [-0.2, 0) is 0 Å². The number of carbonyl (C=O) groups is 1. The molecule has 0 amide bonds. The molecule has 0 saturated carbocycles. The average Bonchev–Trinajstić information content (AvgIpc) is 2.83. The third-order valence-electron chi connectivity index (χ3n) is 3.88. The first-order valence-corrected chi connectivity index (χ1v) is 6.55. The molecule has 5 heteroatoms. The van der Waals surface area contributed by atoms with Gasteiger partial charge in [-0.05, 0) is 45.1 Å². The molecule has 0 spiro atoms. The Labute approximate surface area is 111 Å². The van der Waals surface area contributed by atoms with Crippen molar-refractivity contribution >= 4 is 11.5 Å². The van der Waals surface area contributed by atoms with E-state index in [0.29, 0.717) is 11.6 Å². The summed E-state index contributed by atoms with van der Waals surface area (Å²) in [6.07, 6.45) is 3.83. The highest BCUT2D eigenvalue weighted by atomic mass is 16.4. The minimum absolute atomic E-state index is 0.295. The fourth-order valence-corrected chi connectivity index (χ4v) is 2.79. The van der Waals surface area contributed by atoms with Crippen LogP contribution in [0.3, 0.4) is 0 Å². The number of hydrogen-bond acceptors (Lipinski definition) is 3. The summed E-state index contributed by atoms with van der Waals surface area (Å²) in [6, 6.07) is 5.30. The van der Waals surface area contributed by atoms with Crippen LogP contribution in [0, 0.1) is 0 Å². The molecule has 0 aliphatic carbocycles. The highest BCUT2D eigenvalue weighted by molar-refractivity contribution is 5.86. The Morgan fingerprint density at radius 2 is 2.11 bits per heavy atom. The van der Waals surface area contributed by atoms with E-state index in [1.807, 2.05) is 6.07 Å². The van der Waals surface area contributed by atoms with Gasteiger partial charge in [0, 0.05) is 5.92 Å². The minimum atomic E-state index is -0.905. The quantitative estimate of drug-likeness (QED) is 0.894. The van der Waals surface area contributed by atoms with E-state index in [4.69, 9.17) is 0 Å². The molecule has 1 fully saturated rings. The molecule has 0 unspecified atom stereocenters. The summed E-state index contributed by atoms with van der Waals surface area (Å²) in [5.74, 6) is 0.332. The number of hydrogen-bond donors (Lipinski definition) is 1. The lowest BCUT2D eigenvalue weighted by molar-refractivity contribution is 0.0688. The van der Waals surface area contributed by atoms with Crippen LogP contribution in [0.1, 0.15) is 35.1 Å². The van der Waals surface area contributed by atoms with Gasteiger partial charge in [-0.1, -0.05) is 6.07 Å². The number of pyridine rings is 1. The largest absolute Gasteiger partial charge is 0.477 e. The maximum absolute atomic E-state index is 11.3. The van der Waals surface area contributed by atoms with E-state index in [2.05, 4.69) is 16.9 Å². The molecular formula is C14H17N3O2. The monoisotopic (exact) mass is 259 g/mol. The molecule has 3 heterocycles. The van der Waals surface area contributed by atoms with Gasteiger partial charge in [-0.25, -0.2) is 9.78 Å². The number of likely N-dealkylation sites (tertiary alicyclic amines) is 1. The molecule has 1 aliphatic heterocycles. The lowest BCUT2D eigenvalue weighted by Gasteiger charge is -2.28. The molecule has 1 saturated heterocycles. The summed E-state index contributed by atoms with van der Waals surface area (Å²) in [5.41, 5.74) is 1.15. The molecular weight excluding hydrogens is 242 g/mol. The van der Waals surface area contributed by atoms with Crippen molar-refractivity contribution in [3.05, 3.63) is 35.9 Å². The van der Waals surface area contributed by atoms with E-state index in [0.717, 1.165) is 37.3 Å². The molecule has 0 radical (unpaired) electrons. The lowest BCUT2D eigenvalue weighted by atomic mass is 9.96. The third-order valence-corrected chi connectivity index (χ3v) is 3.88. The second kappa shape index (κ2) is 4.66. The summed E-state index contributed by atoms with van der Waals surface area (Å²) >= 11 is 0. The first-order chi connectivity index (χ1) is 9.16. The van der Waals surface area contributed by atoms with Gasteiger partial charge < -0.3 is 10.0 Å². The van der Waals surface area contributed by atoms with E-state index >= 15 is 0 Å². The summed E-state index contributed by atoms with van der Waals surface area (Å²) in [6.45, 7) is 2.07. The minimum Gasteiger partial charge on any atom is -0.477 e. The zero-order chi connectivity index (χ0) is 13.4. The van der Waals surface area contributed by atoms with Gasteiger partial charge in [-0.2, -0.15) is 0 Å². The van der Waals surface area contributed by atoms with Gasteiger partial charge in [0.15, 0.2) is 0 Å². The SMILES string of the molecule is CN1CCC(c2ncc3cccc(C(=O)O)n23)CC1. The molecule has 2 aromatic rings. The Morgan fingerprint density at radius 1 is 1.37 bits per heavy atom. The molecule has 0 atom stereocenters. The third kappa shape index (κ3) is 2.10. The predicted octanol–water partition coefficient (Wildman–Crippen LogP) is 1.84. The second-order valence-corrected chi connectivity index (χ2v) is 5.17. The number of aromatic nitrogens is 2. The van der Waals surface area contributed by atoms with Crippen molar-refractivity contribution in [1.82, 2.24) is 14.3 Å². The maximum Gasteiger partial charge on any atom is 0.352 e. The lowest BCUT2D eigenvalue weighted by Crippen LogP contribution is -2.30. The van der Waals surface area contributed by atoms with Crippen molar-refractivity contribution in [2.24, 2.45) is 0 Å². The van der Waals surface area contributed by atoms with Crippen molar-refractivity contribution in [1.29, 1.82) is 0 Å². The van der Waals surface area contributed by atoms with Crippen LogP contribution in [-0.4, -0.2) is 45.5 Å². The molecule has 3 rings (SSSR count). The second-order valence-electron chi connectivity index (χ2n) is 5.17. The maximum atomic E-state index is 11.3. The van der Waals surface area contributed by atoms with Crippen molar-refractivity contribution in [2.45, 2.75) is 18.8 Å². The highest BCUT2D eigenvalue weighted by Gasteiger charge is 2.23. The van der Waals surface area contributed by atoms with Crippen LogP contribution in [0.25, 0.3) is 5.52 Å². The van der Waals surface area contributed by atoms with Crippen LogP contribution in [0.4, 0.5) is 0 Å². The average molecular weight is 259 g/mol. The fraction of sp³-hybridized carbons (Fsp3) is 0.429. The number of carboxylic acids is 1. The van der Waals surface area contributed by atoms with Gasteiger partial charge in [-0.15, -0.1) is 0 Å². The summed E-state index contributed by atoms with van der Waals surface area (Å²) < 4.78 is 1.79. The number of rotatable bonds is 2. The molecule has 100 valence electrons. The molecule has 5 nitrogen and oxygen atoms in total. The van der Waals surface area contributed by atoms with Gasteiger partial charge in [0.2, 0.25) is 0 Å². The Morgan fingerprint density at radius 3 is 2.79 bits per heavy atom. The van der Waals surface area contributed by atoms with Crippen molar-refractivity contribution in [3.8, 4) is 0 Å². The zero-order valence-electron chi connectivity index (χ0n) is 10.9. The Hall–Kier alpha value is -1.88. The van der Waals surface area contributed by atoms with Gasteiger partial charge in [0.05, 0.1) is 11.7 Å². The topological polar surface area (TPSA) is 57.8 Å². The summed E-state index contributed by atoms with van der Waals surface area (Å²) in [5, 5.41) is 9.31. The van der Waals surface area contributed by atoms with E-state index in [9.17, 15) is 9.90 Å². The molecule has 1 N–H and O–H groups in total. The molecule has 2 aromatic heterocycles.